The molecule has 0 unspecified atom stereocenters. The van der Waals surface area contributed by atoms with E-state index in [2.05, 4.69) is 15.4 Å². The van der Waals surface area contributed by atoms with Crippen molar-refractivity contribution in [2.75, 3.05) is 5.32 Å². The standard InChI is InChI=1S/C14H10N4O2S/c19-12-5-6-15-14-18(12)17-13(21-14)16-8-10-7-9-3-1-2-4-11(9)20-10/h1-7H,8H2,(H,16,17). The van der Waals surface area contributed by atoms with Gasteiger partial charge in [0.05, 0.1) is 6.54 Å². The maximum absolute atomic E-state index is 11.6. The average molecular weight is 298 g/mol. The van der Waals surface area contributed by atoms with Crippen LogP contribution in [0.15, 0.2) is 51.8 Å². The van der Waals surface area contributed by atoms with E-state index in [-0.39, 0.29) is 5.56 Å². The van der Waals surface area contributed by atoms with Gasteiger partial charge >= 0.3 is 0 Å². The van der Waals surface area contributed by atoms with Gasteiger partial charge in [-0.1, -0.05) is 29.5 Å². The van der Waals surface area contributed by atoms with E-state index >= 15 is 0 Å². The van der Waals surface area contributed by atoms with E-state index in [1.165, 1.54) is 28.1 Å². The van der Waals surface area contributed by atoms with Gasteiger partial charge in [0.2, 0.25) is 10.1 Å². The van der Waals surface area contributed by atoms with Gasteiger partial charge in [0.25, 0.3) is 5.56 Å². The minimum Gasteiger partial charge on any atom is -0.459 e. The molecule has 7 heteroatoms. The molecule has 0 saturated carbocycles. The van der Waals surface area contributed by atoms with E-state index in [0.717, 1.165) is 16.7 Å². The Kier molecular flexibility index (Phi) is 2.71. The molecule has 0 aliphatic heterocycles. The van der Waals surface area contributed by atoms with Gasteiger partial charge in [-0.05, 0) is 12.1 Å². The molecule has 0 radical (unpaired) electrons. The lowest BCUT2D eigenvalue weighted by atomic mass is 10.2. The van der Waals surface area contributed by atoms with Crippen LogP contribution in [0.4, 0.5) is 5.13 Å². The van der Waals surface area contributed by atoms with E-state index in [4.69, 9.17) is 4.42 Å². The maximum Gasteiger partial charge on any atom is 0.275 e. The Bertz CT molecular complexity index is 952. The van der Waals surface area contributed by atoms with Crippen LogP contribution in [0.1, 0.15) is 5.76 Å². The highest BCUT2D eigenvalue weighted by Crippen LogP contribution is 2.21. The van der Waals surface area contributed by atoms with Crippen molar-refractivity contribution in [2.45, 2.75) is 6.54 Å². The topological polar surface area (TPSA) is 72.4 Å². The number of nitrogens with one attached hydrogen (secondary N) is 1. The number of para-hydroxylation sites is 1. The molecule has 3 heterocycles. The van der Waals surface area contributed by atoms with Crippen molar-refractivity contribution < 1.29 is 4.42 Å². The third-order valence-corrected chi connectivity index (χ3v) is 3.94. The number of aromatic nitrogens is 3. The first-order chi connectivity index (χ1) is 10.3. The highest BCUT2D eigenvalue weighted by Gasteiger charge is 2.07. The minimum atomic E-state index is -0.187. The molecule has 3 aromatic heterocycles. The first kappa shape index (κ1) is 12.1. The minimum absolute atomic E-state index is 0.187. The van der Waals surface area contributed by atoms with Gasteiger partial charge in [-0.2, -0.15) is 4.52 Å². The Labute approximate surface area is 122 Å². The van der Waals surface area contributed by atoms with Gasteiger partial charge in [-0.25, -0.2) is 4.98 Å². The fourth-order valence-electron chi connectivity index (χ4n) is 2.10. The van der Waals surface area contributed by atoms with Crippen molar-refractivity contribution in [3.05, 3.63) is 58.7 Å². The first-order valence-electron chi connectivity index (χ1n) is 6.36. The fourth-order valence-corrected chi connectivity index (χ4v) is 2.87. The van der Waals surface area contributed by atoms with E-state index in [1.54, 1.807) is 0 Å². The molecule has 4 rings (SSSR count). The predicted molar refractivity (Wildman–Crippen MR) is 80.7 cm³/mol. The molecule has 0 spiro atoms. The number of anilines is 1. The molecule has 4 aromatic rings. The molecule has 0 atom stereocenters. The largest absolute Gasteiger partial charge is 0.459 e. The molecule has 0 aliphatic carbocycles. The third-order valence-electron chi connectivity index (χ3n) is 3.06. The van der Waals surface area contributed by atoms with Gasteiger partial charge in [-0.3, -0.25) is 4.79 Å². The summed E-state index contributed by atoms with van der Waals surface area (Å²) in [5, 5.41) is 9.04. The summed E-state index contributed by atoms with van der Waals surface area (Å²) in [5.74, 6) is 0.816. The molecule has 104 valence electrons. The van der Waals surface area contributed by atoms with Crippen LogP contribution in [0.5, 0.6) is 0 Å². The van der Waals surface area contributed by atoms with Gasteiger partial charge in [0.1, 0.15) is 11.3 Å². The second kappa shape index (κ2) is 4.71. The third kappa shape index (κ3) is 2.17. The van der Waals surface area contributed by atoms with Gasteiger partial charge in [0, 0.05) is 17.6 Å². The Balaban J connectivity index is 1.60. The normalized spacial score (nSPS) is 11.2. The summed E-state index contributed by atoms with van der Waals surface area (Å²) in [6, 6.07) is 11.2. The van der Waals surface area contributed by atoms with Gasteiger partial charge in [-0.15, -0.1) is 5.10 Å². The van der Waals surface area contributed by atoms with E-state index in [0.29, 0.717) is 16.6 Å². The molecule has 6 nitrogen and oxygen atoms in total. The zero-order chi connectivity index (χ0) is 14.2. The molecule has 0 aliphatic rings. The summed E-state index contributed by atoms with van der Waals surface area (Å²) in [4.78, 5) is 16.3. The zero-order valence-electron chi connectivity index (χ0n) is 10.8. The number of fused-ring (bicyclic) bond motifs is 2. The Hall–Kier alpha value is -2.67. The van der Waals surface area contributed by atoms with Crippen LogP contribution in [-0.2, 0) is 6.54 Å². The van der Waals surface area contributed by atoms with Crippen molar-refractivity contribution in [3.8, 4) is 0 Å². The maximum atomic E-state index is 11.6. The van der Waals surface area contributed by atoms with E-state index in [1.807, 2.05) is 30.3 Å². The molecular weight excluding hydrogens is 288 g/mol. The van der Waals surface area contributed by atoms with Crippen LogP contribution in [0.3, 0.4) is 0 Å². The van der Waals surface area contributed by atoms with Crippen LogP contribution in [0.25, 0.3) is 15.9 Å². The lowest BCUT2D eigenvalue weighted by Gasteiger charge is -1.96. The SMILES string of the molecule is O=c1ccnc2sc(NCc3cc4ccccc4o3)nn12. The predicted octanol–water partition coefficient (Wildman–Crippen LogP) is 2.51. The van der Waals surface area contributed by atoms with Crippen molar-refractivity contribution in [3.63, 3.8) is 0 Å². The summed E-state index contributed by atoms with van der Waals surface area (Å²) in [5.41, 5.74) is 0.671. The van der Waals surface area contributed by atoms with Crippen molar-refractivity contribution in [1.29, 1.82) is 0 Å². The summed E-state index contributed by atoms with van der Waals surface area (Å²) in [6.45, 7) is 0.503. The highest BCUT2D eigenvalue weighted by atomic mass is 32.1. The Morgan fingerprint density at radius 3 is 3.05 bits per heavy atom. The lowest BCUT2D eigenvalue weighted by Crippen LogP contribution is -2.12. The number of nitrogens with zero attached hydrogens (tertiary/aromatic N) is 3. The monoisotopic (exact) mass is 298 g/mol. The van der Waals surface area contributed by atoms with Crippen LogP contribution in [0, 0.1) is 0 Å². The van der Waals surface area contributed by atoms with Gasteiger partial charge < -0.3 is 9.73 Å². The summed E-state index contributed by atoms with van der Waals surface area (Å²) >= 11 is 1.33. The summed E-state index contributed by atoms with van der Waals surface area (Å²) in [6.07, 6.45) is 1.48. The second-order valence-corrected chi connectivity index (χ2v) is 5.44. The Morgan fingerprint density at radius 2 is 2.19 bits per heavy atom. The molecular formula is C14H10N4O2S. The van der Waals surface area contributed by atoms with Crippen molar-refractivity contribution in [2.24, 2.45) is 0 Å². The Morgan fingerprint density at radius 1 is 1.29 bits per heavy atom. The van der Waals surface area contributed by atoms with E-state index in [9.17, 15) is 4.79 Å². The highest BCUT2D eigenvalue weighted by molar-refractivity contribution is 7.20. The zero-order valence-corrected chi connectivity index (χ0v) is 11.6. The smallest absolute Gasteiger partial charge is 0.275 e. The molecule has 0 amide bonds. The summed E-state index contributed by atoms with van der Waals surface area (Å²) < 4.78 is 7.00. The lowest BCUT2D eigenvalue weighted by molar-refractivity contribution is 0.559. The van der Waals surface area contributed by atoms with Crippen LogP contribution < -0.4 is 10.9 Å². The molecule has 21 heavy (non-hydrogen) atoms. The van der Waals surface area contributed by atoms with E-state index < -0.39 is 0 Å². The van der Waals surface area contributed by atoms with Crippen molar-refractivity contribution in [1.82, 2.24) is 14.6 Å². The fraction of sp³-hybridized carbons (Fsp3) is 0.0714. The molecule has 1 aromatic carbocycles. The molecule has 0 saturated heterocycles. The summed E-state index contributed by atoms with van der Waals surface area (Å²) in [7, 11) is 0. The average Bonchev–Trinajstić information content (AvgIpc) is 3.09. The van der Waals surface area contributed by atoms with Crippen LogP contribution in [-0.4, -0.2) is 14.6 Å². The van der Waals surface area contributed by atoms with Crippen LogP contribution >= 0.6 is 11.3 Å². The number of hydrogen-bond donors (Lipinski definition) is 1. The second-order valence-electron chi connectivity index (χ2n) is 4.49. The molecule has 0 fully saturated rings. The van der Waals surface area contributed by atoms with Crippen molar-refractivity contribution >= 4 is 32.4 Å². The molecule has 0 bridgehead atoms. The quantitative estimate of drug-likeness (QED) is 0.629. The number of furan rings is 1. The van der Waals surface area contributed by atoms with Crippen LogP contribution in [0.2, 0.25) is 0 Å². The number of rotatable bonds is 3. The van der Waals surface area contributed by atoms with Gasteiger partial charge in [0.15, 0.2) is 0 Å². The number of benzene rings is 1. The molecule has 1 N–H and O–H groups in total. The number of hydrogen-bond acceptors (Lipinski definition) is 6. The first-order valence-corrected chi connectivity index (χ1v) is 7.17.